The molecule has 5 heavy (non-hydrogen) atoms. The van der Waals surface area contributed by atoms with Crippen LogP contribution in [0.2, 0.25) is 0 Å². The Bertz CT molecular complexity index is 63.0. The summed E-state index contributed by atoms with van der Waals surface area (Å²) in [6.07, 6.45) is 4.39. The van der Waals surface area contributed by atoms with Crippen molar-refractivity contribution in [2.45, 2.75) is 0 Å². The smallest absolute Gasteiger partial charge is 0.199 e. The number of nitrogens with zero attached hydrogens (tertiary/aromatic N) is 3. The Hall–Kier alpha value is -0.860. The highest BCUT2D eigenvalue weighted by Crippen LogP contribution is 1.65. The Balaban J connectivity index is 2.61. The number of rotatable bonds is 0. The van der Waals surface area contributed by atoms with Gasteiger partial charge < -0.3 is 0 Å². The summed E-state index contributed by atoms with van der Waals surface area (Å²) in [5.74, 6) is 0. The number of hydrogen-bond donors (Lipinski definition) is 0. The first-order valence-electron chi connectivity index (χ1n) is 1.09. The monoisotopic (exact) mass is 66.0 g/mol. The summed E-state index contributed by atoms with van der Waals surface area (Å²) < 4.78 is 0. The average molecular weight is 66.0 g/mol. The highest BCUT2D eigenvalue weighted by molar-refractivity contribution is 5.75. The first-order valence-corrected chi connectivity index (χ1v) is 1.09. The number of hydrogen-bond acceptors (Lipinski definition) is 2. The van der Waals surface area contributed by atoms with E-state index in [9.17, 15) is 0 Å². The van der Waals surface area contributed by atoms with Gasteiger partial charge in [0.1, 0.15) is 0 Å². The first kappa shape index (κ1) is 2.38. The summed E-state index contributed by atoms with van der Waals surface area (Å²) in [5.41, 5.74) is 3.18. The normalized spacial score (nSPS) is 16.0. The van der Waals surface area contributed by atoms with E-state index in [0.717, 1.165) is 0 Å². The third kappa shape index (κ3) is 0.238. The second-order valence-electron chi connectivity index (χ2n) is 0.512. The van der Waals surface area contributed by atoms with Crippen molar-refractivity contribution in [1.29, 1.82) is 0 Å². The zero-order chi connectivity index (χ0) is 3.54. The van der Waals surface area contributed by atoms with Gasteiger partial charge in [-0.1, -0.05) is 0 Å². The van der Waals surface area contributed by atoms with Gasteiger partial charge in [-0.15, -0.1) is 10.5 Å². The summed E-state index contributed by atoms with van der Waals surface area (Å²) in [7, 11) is 0. The summed E-state index contributed by atoms with van der Waals surface area (Å²) in [6.45, 7) is 0. The van der Waals surface area contributed by atoms with Gasteiger partial charge in [0.25, 0.3) is 0 Å². The van der Waals surface area contributed by atoms with E-state index in [1.165, 1.54) is 0 Å². The summed E-state index contributed by atoms with van der Waals surface area (Å²) in [6, 6.07) is 0. The Morgan fingerprint density at radius 2 is 2.20 bits per heavy atom. The maximum atomic E-state index is 3.25. The third-order valence-corrected chi connectivity index (χ3v) is 0.239. The fraction of sp³-hybridized carbons (Fsp3) is 0. The molecule has 0 amide bonds. The molecule has 0 fully saturated rings. The summed E-state index contributed by atoms with van der Waals surface area (Å²) in [5, 5.41) is 3.18. The van der Waals surface area contributed by atoms with Crippen LogP contribution in [0.25, 0.3) is 0 Å². The van der Waals surface area contributed by atoms with Crippen LogP contribution >= 0.6 is 0 Å². The van der Waals surface area contributed by atoms with Crippen LogP contribution < -0.4 is 5.43 Å². The maximum Gasteiger partial charge on any atom is 0.223 e. The van der Waals surface area contributed by atoms with E-state index in [2.05, 4.69) is 28.2 Å². The molecule has 23 valence electrons. The molecule has 0 saturated carbocycles. The van der Waals surface area contributed by atoms with E-state index >= 15 is 0 Å². The minimum absolute atomic E-state index is 2.19. The molecule has 0 aromatic rings. The van der Waals surface area contributed by atoms with Crippen molar-refractivity contribution < 1.29 is 0 Å². The molecule has 0 aromatic carbocycles. The van der Waals surface area contributed by atoms with Crippen LogP contribution in [0.5, 0.6) is 0 Å². The van der Waals surface area contributed by atoms with Gasteiger partial charge in [-0.25, -0.2) is 0 Å². The molecule has 0 aromatic heterocycles. The van der Waals surface area contributed by atoms with Crippen LogP contribution in [-0.4, -0.2) is 12.7 Å². The van der Waals surface area contributed by atoms with Gasteiger partial charge in [0.2, 0.25) is 12.7 Å². The van der Waals surface area contributed by atoms with Gasteiger partial charge in [-0.2, -0.15) is 4.99 Å². The SMILES string of the molecule is [C]1=N[C]=N[N]1. The van der Waals surface area contributed by atoms with Crippen LogP contribution in [-0.2, 0) is 0 Å². The van der Waals surface area contributed by atoms with Crippen LogP contribution in [0, 0.1) is 0 Å². The first-order chi connectivity index (χ1) is 2.50. The average Bonchev–Trinajstić information content (AvgIpc) is 1.76. The fourth-order valence-corrected chi connectivity index (χ4v) is 0.112. The maximum absolute atomic E-state index is 3.25. The van der Waals surface area contributed by atoms with Gasteiger partial charge in [0, 0.05) is 0 Å². The van der Waals surface area contributed by atoms with Gasteiger partial charge in [-0.3, -0.25) is 0 Å². The molecule has 0 atom stereocenters. The van der Waals surface area contributed by atoms with Gasteiger partial charge in [0.15, 0.2) is 0 Å². The molecule has 0 unspecified atom stereocenters. The molecule has 0 saturated heterocycles. The topological polar surface area (TPSA) is 38.8 Å². The Morgan fingerprint density at radius 3 is 2.40 bits per heavy atom. The molecular weight excluding hydrogens is 66.0 g/mol. The lowest BCUT2D eigenvalue weighted by Crippen LogP contribution is -1.79. The van der Waals surface area contributed by atoms with Crippen molar-refractivity contribution in [3.05, 3.63) is 0 Å². The van der Waals surface area contributed by atoms with Crippen molar-refractivity contribution in [2.75, 3.05) is 0 Å². The van der Waals surface area contributed by atoms with Crippen molar-refractivity contribution in [3.8, 4) is 0 Å². The van der Waals surface area contributed by atoms with Crippen molar-refractivity contribution in [3.63, 3.8) is 0 Å². The quantitative estimate of drug-likeness (QED) is 0.360. The zero-order valence-electron chi connectivity index (χ0n) is 2.34. The lowest BCUT2D eigenvalue weighted by molar-refractivity contribution is 1.07. The fourth-order valence-electron chi connectivity index (χ4n) is 0.112. The van der Waals surface area contributed by atoms with Gasteiger partial charge >= 0.3 is 0 Å². The van der Waals surface area contributed by atoms with E-state index in [1.807, 2.05) is 0 Å². The van der Waals surface area contributed by atoms with Gasteiger partial charge in [0.05, 0.1) is 0 Å². The Morgan fingerprint density at radius 1 is 1.20 bits per heavy atom. The Labute approximate surface area is 29.4 Å². The molecule has 1 aliphatic rings. The molecule has 3 nitrogen and oxygen atoms in total. The predicted octanol–water partition coefficient (Wildman–Crippen LogP) is -0.670. The van der Waals surface area contributed by atoms with Crippen molar-refractivity contribution in [1.82, 2.24) is 5.43 Å². The molecule has 0 aliphatic carbocycles. The van der Waals surface area contributed by atoms with E-state index in [0.29, 0.717) is 0 Å². The van der Waals surface area contributed by atoms with Crippen LogP contribution in [0.15, 0.2) is 10.1 Å². The third-order valence-electron chi connectivity index (χ3n) is 0.239. The molecule has 3 heteroatoms. The number of aliphatic imine (C=N–C) groups is 1. The van der Waals surface area contributed by atoms with Crippen LogP contribution in [0.4, 0.5) is 0 Å². The predicted molar refractivity (Wildman–Crippen MR) is 17.0 cm³/mol. The second kappa shape index (κ2) is 0.839. The molecule has 1 aliphatic heterocycles. The molecule has 0 bridgehead atoms. The second-order valence-corrected chi connectivity index (χ2v) is 0.512. The summed E-state index contributed by atoms with van der Waals surface area (Å²) >= 11 is 0. The highest BCUT2D eigenvalue weighted by atomic mass is 15.3. The van der Waals surface area contributed by atoms with Crippen molar-refractivity contribution in [2.24, 2.45) is 10.1 Å². The minimum atomic E-state index is 2.19. The standard InChI is InChI=1S/C2N3/c1-3-2-5-4-1. The Kier molecular flexibility index (Phi) is 0.400. The van der Waals surface area contributed by atoms with Crippen LogP contribution in [0.1, 0.15) is 0 Å². The van der Waals surface area contributed by atoms with E-state index in [-0.39, 0.29) is 0 Å². The minimum Gasteiger partial charge on any atom is -0.199 e. The molecule has 1 rings (SSSR count). The molecule has 3 radical (unpaired) electrons. The zero-order valence-corrected chi connectivity index (χ0v) is 2.34. The lowest BCUT2D eigenvalue weighted by atomic mass is 11.3. The molecule has 0 N–H and O–H groups in total. The lowest BCUT2D eigenvalue weighted by Gasteiger charge is -1.56. The summed E-state index contributed by atoms with van der Waals surface area (Å²) in [4.78, 5) is 3.25. The largest absolute Gasteiger partial charge is 0.223 e. The van der Waals surface area contributed by atoms with E-state index < -0.39 is 0 Å². The van der Waals surface area contributed by atoms with E-state index in [4.69, 9.17) is 0 Å². The molecular formula is C2N3. The van der Waals surface area contributed by atoms with E-state index in [1.54, 1.807) is 0 Å². The molecule has 0 spiro atoms. The van der Waals surface area contributed by atoms with Crippen LogP contribution in [0.3, 0.4) is 0 Å². The van der Waals surface area contributed by atoms with Crippen molar-refractivity contribution >= 4 is 12.7 Å². The van der Waals surface area contributed by atoms with Gasteiger partial charge in [-0.05, 0) is 0 Å². The molecule has 1 heterocycles. The highest BCUT2D eigenvalue weighted by Gasteiger charge is 1.78.